The first-order valence-corrected chi connectivity index (χ1v) is 12.4. The van der Waals surface area contributed by atoms with Crippen molar-refractivity contribution in [3.05, 3.63) is 94.4 Å². The molecule has 0 spiro atoms. The van der Waals surface area contributed by atoms with Gasteiger partial charge in [-0.3, -0.25) is 14.4 Å². The van der Waals surface area contributed by atoms with Gasteiger partial charge in [0.05, 0.1) is 35.9 Å². The van der Waals surface area contributed by atoms with E-state index in [1.165, 1.54) is 49.5 Å². The number of amides is 3. The second kappa shape index (κ2) is 11.3. The van der Waals surface area contributed by atoms with Crippen LogP contribution in [0, 0.1) is 0 Å². The molecule has 2 heterocycles. The van der Waals surface area contributed by atoms with Gasteiger partial charge in [0.15, 0.2) is 0 Å². The Bertz CT molecular complexity index is 1400. The lowest BCUT2D eigenvalue weighted by atomic mass is 9.78. The van der Waals surface area contributed by atoms with E-state index in [0.717, 1.165) is 4.90 Å². The van der Waals surface area contributed by atoms with Gasteiger partial charge in [0.1, 0.15) is 5.76 Å². The van der Waals surface area contributed by atoms with Gasteiger partial charge in [-0.2, -0.15) is 26.3 Å². The summed E-state index contributed by atoms with van der Waals surface area (Å²) in [5.74, 6) is -3.01. The molecule has 13 heteroatoms. The van der Waals surface area contributed by atoms with Crippen molar-refractivity contribution in [1.29, 1.82) is 0 Å². The lowest BCUT2D eigenvalue weighted by Crippen LogP contribution is -2.48. The van der Waals surface area contributed by atoms with E-state index in [1.807, 2.05) is 0 Å². The maximum Gasteiger partial charge on any atom is 0.416 e. The molecule has 2 aromatic carbocycles. The minimum atomic E-state index is -5.16. The quantitative estimate of drug-likeness (QED) is 0.380. The SMILES string of the molecule is CN(C)C(=O)CCN1C(=O)c2ccccc2C(C(=O)NCc2ccco2)C1c1cc(C(F)(F)F)cc(C(F)(F)F)c1. The van der Waals surface area contributed by atoms with E-state index < -0.39 is 58.7 Å². The number of hydrogen-bond donors (Lipinski definition) is 1. The van der Waals surface area contributed by atoms with Crippen LogP contribution in [0.5, 0.6) is 0 Å². The maximum absolute atomic E-state index is 13.8. The summed E-state index contributed by atoms with van der Waals surface area (Å²) in [6, 6.07) is 8.40. The van der Waals surface area contributed by atoms with Crippen LogP contribution in [0.2, 0.25) is 0 Å². The maximum atomic E-state index is 13.8. The number of hydrogen-bond acceptors (Lipinski definition) is 4. The molecular formula is C28H25F6N3O4. The molecule has 2 unspecified atom stereocenters. The standard InChI is InChI=1S/C28H25F6N3O4/c1-36(2)22(38)9-10-37-24(16-12-17(27(29,30)31)14-18(13-16)28(32,33)34)23(20-7-3-4-8-21(20)26(37)40)25(39)35-15-19-6-5-11-41-19/h3-8,11-14,23-24H,9-10,15H2,1-2H3,(H,35,39). The van der Waals surface area contributed by atoms with E-state index in [-0.39, 0.29) is 36.7 Å². The zero-order valence-corrected chi connectivity index (χ0v) is 21.8. The molecule has 3 amide bonds. The number of nitrogens with one attached hydrogen (secondary N) is 1. The van der Waals surface area contributed by atoms with Crippen molar-refractivity contribution in [2.75, 3.05) is 20.6 Å². The second-order valence-electron chi connectivity index (χ2n) is 9.68. The third kappa shape index (κ3) is 6.39. The highest BCUT2D eigenvalue weighted by Gasteiger charge is 2.46. The van der Waals surface area contributed by atoms with Crippen molar-refractivity contribution >= 4 is 17.7 Å². The van der Waals surface area contributed by atoms with Gasteiger partial charge in [-0.15, -0.1) is 0 Å². The Hall–Kier alpha value is -4.29. The predicted octanol–water partition coefficient (Wildman–Crippen LogP) is 5.39. The summed E-state index contributed by atoms with van der Waals surface area (Å²) >= 11 is 0. The Morgan fingerprint density at radius 1 is 0.951 bits per heavy atom. The van der Waals surface area contributed by atoms with Crippen LogP contribution >= 0.6 is 0 Å². The fraction of sp³-hybridized carbons (Fsp3) is 0.321. The van der Waals surface area contributed by atoms with Crippen LogP contribution in [0.3, 0.4) is 0 Å². The molecule has 7 nitrogen and oxygen atoms in total. The molecule has 1 N–H and O–H groups in total. The van der Waals surface area contributed by atoms with Gasteiger partial charge in [-0.05, 0) is 47.5 Å². The number of benzene rings is 2. The van der Waals surface area contributed by atoms with Crippen molar-refractivity contribution in [3.63, 3.8) is 0 Å². The molecule has 218 valence electrons. The molecule has 1 aliphatic heterocycles. The highest BCUT2D eigenvalue weighted by Crippen LogP contribution is 2.46. The lowest BCUT2D eigenvalue weighted by Gasteiger charge is -2.42. The first-order valence-electron chi connectivity index (χ1n) is 12.4. The minimum absolute atomic E-state index is 0.0199. The molecule has 3 aromatic rings. The van der Waals surface area contributed by atoms with Gasteiger partial charge in [-0.25, -0.2) is 0 Å². The highest BCUT2D eigenvalue weighted by molar-refractivity contribution is 6.01. The summed E-state index contributed by atoms with van der Waals surface area (Å²) in [5.41, 5.74) is -3.56. The summed E-state index contributed by atoms with van der Waals surface area (Å²) in [7, 11) is 2.92. The molecule has 0 aliphatic carbocycles. The van der Waals surface area contributed by atoms with Crippen molar-refractivity contribution in [2.24, 2.45) is 0 Å². The van der Waals surface area contributed by atoms with Gasteiger partial charge in [0.2, 0.25) is 11.8 Å². The molecule has 0 saturated carbocycles. The second-order valence-corrected chi connectivity index (χ2v) is 9.68. The van der Waals surface area contributed by atoms with Crippen molar-refractivity contribution in [2.45, 2.75) is 37.3 Å². The zero-order chi connectivity index (χ0) is 30.1. The average Bonchev–Trinajstić information content (AvgIpc) is 3.43. The van der Waals surface area contributed by atoms with E-state index in [9.17, 15) is 40.7 Å². The molecule has 0 saturated heterocycles. The number of carbonyl (C=O) groups excluding carboxylic acids is 3. The fourth-order valence-electron chi connectivity index (χ4n) is 4.78. The van der Waals surface area contributed by atoms with Crippen LogP contribution in [-0.2, 0) is 28.5 Å². The van der Waals surface area contributed by atoms with Crippen LogP contribution < -0.4 is 5.32 Å². The Morgan fingerprint density at radius 3 is 2.15 bits per heavy atom. The van der Waals surface area contributed by atoms with Gasteiger partial charge < -0.3 is 19.5 Å². The normalized spacial score (nSPS) is 17.3. The number of alkyl halides is 6. The summed E-state index contributed by atoms with van der Waals surface area (Å²) in [5, 5.41) is 2.61. The van der Waals surface area contributed by atoms with E-state index in [1.54, 1.807) is 12.1 Å². The fourth-order valence-corrected chi connectivity index (χ4v) is 4.78. The topological polar surface area (TPSA) is 82.9 Å². The molecule has 4 rings (SSSR count). The third-order valence-electron chi connectivity index (χ3n) is 6.75. The third-order valence-corrected chi connectivity index (χ3v) is 6.75. The Morgan fingerprint density at radius 2 is 1.59 bits per heavy atom. The van der Waals surface area contributed by atoms with Crippen molar-refractivity contribution in [1.82, 2.24) is 15.1 Å². The zero-order valence-electron chi connectivity index (χ0n) is 21.8. The largest absolute Gasteiger partial charge is 0.467 e. The molecule has 0 radical (unpaired) electrons. The minimum Gasteiger partial charge on any atom is -0.467 e. The Labute approximate surface area is 230 Å². The number of fused-ring (bicyclic) bond motifs is 1. The smallest absolute Gasteiger partial charge is 0.416 e. The monoisotopic (exact) mass is 581 g/mol. The molecule has 0 fully saturated rings. The first-order chi connectivity index (χ1) is 19.2. The summed E-state index contributed by atoms with van der Waals surface area (Å²) in [6.07, 6.45) is -9.24. The number of rotatable bonds is 7. The number of halogens is 6. The average molecular weight is 582 g/mol. The van der Waals surface area contributed by atoms with Crippen LogP contribution in [0.25, 0.3) is 0 Å². The van der Waals surface area contributed by atoms with Gasteiger partial charge in [-0.1, -0.05) is 18.2 Å². The molecule has 2 atom stereocenters. The molecule has 0 bridgehead atoms. The van der Waals surface area contributed by atoms with Gasteiger partial charge in [0.25, 0.3) is 5.91 Å². The molecule has 1 aromatic heterocycles. The summed E-state index contributed by atoms with van der Waals surface area (Å²) in [6.45, 7) is -0.491. The number of nitrogens with zero attached hydrogens (tertiary/aromatic N) is 2. The lowest BCUT2D eigenvalue weighted by molar-refractivity contribution is -0.143. The Kier molecular flexibility index (Phi) is 8.18. The summed E-state index contributed by atoms with van der Waals surface area (Å²) < 4.78 is 88.0. The van der Waals surface area contributed by atoms with E-state index in [0.29, 0.717) is 17.9 Å². The Balaban J connectivity index is 1.91. The molecule has 41 heavy (non-hydrogen) atoms. The summed E-state index contributed by atoms with van der Waals surface area (Å²) in [4.78, 5) is 42.0. The highest BCUT2D eigenvalue weighted by atomic mass is 19.4. The van der Waals surface area contributed by atoms with Crippen LogP contribution in [0.1, 0.15) is 56.8 Å². The number of carbonyl (C=O) groups is 3. The van der Waals surface area contributed by atoms with E-state index >= 15 is 0 Å². The van der Waals surface area contributed by atoms with E-state index in [2.05, 4.69) is 5.32 Å². The van der Waals surface area contributed by atoms with Crippen molar-refractivity contribution < 1.29 is 45.1 Å². The predicted molar refractivity (Wildman–Crippen MR) is 133 cm³/mol. The van der Waals surface area contributed by atoms with Gasteiger partial charge >= 0.3 is 12.4 Å². The van der Waals surface area contributed by atoms with Crippen LogP contribution in [-0.4, -0.2) is 48.2 Å². The van der Waals surface area contributed by atoms with Gasteiger partial charge in [0, 0.05) is 32.6 Å². The number of furan rings is 1. The molecule has 1 aliphatic rings. The van der Waals surface area contributed by atoms with Crippen LogP contribution in [0.4, 0.5) is 26.3 Å². The molecular weight excluding hydrogens is 556 g/mol. The van der Waals surface area contributed by atoms with Crippen molar-refractivity contribution in [3.8, 4) is 0 Å². The van der Waals surface area contributed by atoms with E-state index in [4.69, 9.17) is 4.42 Å². The van der Waals surface area contributed by atoms with Crippen LogP contribution in [0.15, 0.2) is 65.3 Å². The first kappa shape index (κ1) is 29.7.